The van der Waals surface area contributed by atoms with Crippen molar-refractivity contribution in [3.05, 3.63) is 59.5 Å². The number of guanidine groups is 1. The smallest absolute Gasteiger partial charge is 0.289 e. The number of nitrogens with zero attached hydrogens (tertiary/aromatic N) is 4. The number of morpholine rings is 1. The molecule has 0 radical (unpaired) electrons. The highest BCUT2D eigenvalue weighted by atomic mass is 127. The molecule has 0 unspecified atom stereocenters. The molecule has 174 valence electrons. The molecule has 4 rings (SSSR count). The van der Waals surface area contributed by atoms with Crippen molar-refractivity contribution in [3.63, 3.8) is 0 Å². The van der Waals surface area contributed by atoms with E-state index in [1.54, 1.807) is 12.1 Å². The number of piperazine rings is 1. The van der Waals surface area contributed by atoms with Crippen molar-refractivity contribution < 1.29 is 13.9 Å². The van der Waals surface area contributed by atoms with Gasteiger partial charge in [-0.2, -0.15) is 0 Å². The van der Waals surface area contributed by atoms with E-state index in [0.717, 1.165) is 58.4 Å². The van der Waals surface area contributed by atoms with Gasteiger partial charge in [0, 0.05) is 59.4 Å². The van der Waals surface area contributed by atoms with Gasteiger partial charge in [0.15, 0.2) is 11.7 Å². The number of halogens is 1. The molecule has 0 bridgehead atoms. The summed E-state index contributed by atoms with van der Waals surface area (Å²) in [5.41, 5.74) is 2.61. The number of benzene rings is 1. The maximum absolute atomic E-state index is 12.5. The third-order valence-electron chi connectivity index (χ3n) is 5.86. The summed E-state index contributed by atoms with van der Waals surface area (Å²) in [6.45, 7) is 7.99. The number of carbonyl (C=O) groups excluding carboxylic acids is 1. The van der Waals surface area contributed by atoms with Crippen LogP contribution < -0.4 is 5.32 Å². The molecule has 1 aromatic carbocycles. The first-order valence-electron chi connectivity index (χ1n) is 10.9. The summed E-state index contributed by atoms with van der Waals surface area (Å²) in [5, 5.41) is 3.52. The van der Waals surface area contributed by atoms with E-state index >= 15 is 0 Å². The second kappa shape index (κ2) is 12.2. The molecule has 2 aliphatic heterocycles. The average Bonchev–Trinajstić information content (AvgIpc) is 3.36. The summed E-state index contributed by atoms with van der Waals surface area (Å²) < 4.78 is 10.7. The van der Waals surface area contributed by atoms with Crippen LogP contribution >= 0.6 is 24.0 Å². The summed E-state index contributed by atoms with van der Waals surface area (Å²) >= 11 is 0. The van der Waals surface area contributed by atoms with Gasteiger partial charge in [0.2, 0.25) is 0 Å². The number of nitrogens with one attached hydrogen (secondary N) is 1. The van der Waals surface area contributed by atoms with Crippen LogP contribution in [-0.4, -0.2) is 86.1 Å². The lowest BCUT2D eigenvalue weighted by Crippen LogP contribution is -2.53. The Labute approximate surface area is 206 Å². The molecule has 8 nitrogen and oxygen atoms in total. The molecule has 2 fully saturated rings. The molecular formula is C23H32IN5O3. The highest BCUT2D eigenvalue weighted by molar-refractivity contribution is 14.0. The highest BCUT2D eigenvalue weighted by Gasteiger charge is 2.25. The summed E-state index contributed by atoms with van der Waals surface area (Å²) in [6, 6.07) is 12.0. The number of aliphatic imine (C=N–C) groups is 1. The zero-order chi connectivity index (χ0) is 21.5. The van der Waals surface area contributed by atoms with Crippen molar-refractivity contribution in [2.24, 2.45) is 4.99 Å². The lowest BCUT2D eigenvalue weighted by atomic mass is 10.1. The van der Waals surface area contributed by atoms with Gasteiger partial charge in [0.25, 0.3) is 5.91 Å². The van der Waals surface area contributed by atoms with Crippen LogP contribution in [0.1, 0.15) is 21.7 Å². The van der Waals surface area contributed by atoms with Crippen molar-refractivity contribution in [3.8, 4) is 0 Å². The standard InChI is InChI=1S/C23H31N5O3.HI/c1-24-23(28-10-8-27(9-11-28)22(29)21-7-4-14-31-21)25-17-19-5-2-3-6-20(19)18-26-12-15-30-16-13-26;/h2-7,14H,8-13,15-18H2,1H3,(H,24,25);1H. The Morgan fingerprint density at radius 3 is 2.31 bits per heavy atom. The maximum atomic E-state index is 12.5. The van der Waals surface area contributed by atoms with E-state index in [0.29, 0.717) is 18.8 Å². The van der Waals surface area contributed by atoms with E-state index < -0.39 is 0 Å². The quantitative estimate of drug-likeness (QED) is 0.348. The third-order valence-corrected chi connectivity index (χ3v) is 5.86. The summed E-state index contributed by atoms with van der Waals surface area (Å²) in [4.78, 5) is 23.4. The number of ether oxygens (including phenoxy) is 1. The van der Waals surface area contributed by atoms with Gasteiger partial charge in [-0.1, -0.05) is 24.3 Å². The molecule has 2 saturated heterocycles. The highest BCUT2D eigenvalue weighted by Crippen LogP contribution is 2.14. The Morgan fingerprint density at radius 1 is 0.969 bits per heavy atom. The molecule has 3 heterocycles. The van der Waals surface area contributed by atoms with E-state index in [2.05, 4.69) is 44.4 Å². The number of rotatable bonds is 5. The second-order valence-corrected chi connectivity index (χ2v) is 7.81. The largest absolute Gasteiger partial charge is 0.459 e. The van der Waals surface area contributed by atoms with Crippen molar-refractivity contribution in [2.45, 2.75) is 13.1 Å². The van der Waals surface area contributed by atoms with E-state index in [1.165, 1.54) is 17.4 Å². The van der Waals surface area contributed by atoms with Crippen LogP contribution in [0.25, 0.3) is 0 Å². The van der Waals surface area contributed by atoms with Crippen molar-refractivity contribution in [1.82, 2.24) is 20.0 Å². The fraction of sp³-hybridized carbons (Fsp3) is 0.478. The minimum absolute atomic E-state index is 0. The molecule has 2 aromatic rings. The van der Waals surface area contributed by atoms with E-state index in [4.69, 9.17) is 9.15 Å². The van der Waals surface area contributed by atoms with Gasteiger partial charge in [-0.25, -0.2) is 0 Å². The summed E-state index contributed by atoms with van der Waals surface area (Å²) in [5.74, 6) is 1.21. The lowest BCUT2D eigenvalue weighted by Gasteiger charge is -2.36. The lowest BCUT2D eigenvalue weighted by molar-refractivity contribution is 0.0340. The van der Waals surface area contributed by atoms with Crippen LogP contribution in [0.2, 0.25) is 0 Å². The first-order chi connectivity index (χ1) is 15.2. The number of furan rings is 1. The van der Waals surface area contributed by atoms with Crippen molar-refractivity contribution >= 4 is 35.8 Å². The zero-order valence-electron chi connectivity index (χ0n) is 18.5. The molecule has 1 amide bonds. The van der Waals surface area contributed by atoms with Crippen LogP contribution in [0.5, 0.6) is 0 Å². The number of carbonyl (C=O) groups is 1. The fourth-order valence-corrected chi connectivity index (χ4v) is 4.07. The van der Waals surface area contributed by atoms with E-state index in [9.17, 15) is 4.79 Å². The molecule has 0 aliphatic carbocycles. The predicted molar refractivity (Wildman–Crippen MR) is 134 cm³/mol. The molecule has 1 aromatic heterocycles. The first-order valence-corrected chi connectivity index (χ1v) is 10.9. The topological polar surface area (TPSA) is 73.6 Å². The van der Waals surface area contributed by atoms with Gasteiger partial charge in [-0.05, 0) is 23.3 Å². The maximum Gasteiger partial charge on any atom is 0.289 e. The van der Waals surface area contributed by atoms with Crippen LogP contribution in [0.3, 0.4) is 0 Å². The van der Waals surface area contributed by atoms with Crippen LogP contribution in [-0.2, 0) is 17.8 Å². The zero-order valence-corrected chi connectivity index (χ0v) is 20.9. The van der Waals surface area contributed by atoms with Crippen LogP contribution in [0.15, 0.2) is 52.1 Å². The van der Waals surface area contributed by atoms with Crippen LogP contribution in [0, 0.1) is 0 Å². The van der Waals surface area contributed by atoms with Gasteiger partial charge in [-0.15, -0.1) is 24.0 Å². The van der Waals surface area contributed by atoms with E-state index in [-0.39, 0.29) is 29.9 Å². The number of hydrogen-bond acceptors (Lipinski definition) is 5. The van der Waals surface area contributed by atoms with Crippen LogP contribution in [0.4, 0.5) is 0 Å². The van der Waals surface area contributed by atoms with Crippen molar-refractivity contribution in [2.75, 3.05) is 59.5 Å². The number of amides is 1. The Morgan fingerprint density at radius 2 is 1.66 bits per heavy atom. The SMILES string of the molecule is CN=C(NCc1ccccc1CN1CCOCC1)N1CCN(C(=O)c2ccco2)CC1.I. The van der Waals surface area contributed by atoms with Gasteiger partial charge in [0.05, 0.1) is 19.5 Å². The molecule has 32 heavy (non-hydrogen) atoms. The Hall–Kier alpha value is -2.11. The minimum Gasteiger partial charge on any atom is -0.459 e. The number of hydrogen-bond donors (Lipinski definition) is 1. The molecule has 1 N–H and O–H groups in total. The Bertz CT molecular complexity index is 876. The van der Waals surface area contributed by atoms with E-state index in [1.807, 2.05) is 11.9 Å². The fourth-order valence-electron chi connectivity index (χ4n) is 4.07. The van der Waals surface area contributed by atoms with Gasteiger partial charge >= 0.3 is 0 Å². The van der Waals surface area contributed by atoms with Crippen molar-refractivity contribution in [1.29, 1.82) is 0 Å². The van der Waals surface area contributed by atoms with Gasteiger partial charge < -0.3 is 24.3 Å². The summed E-state index contributed by atoms with van der Waals surface area (Å²) in [7, 11) is 1.81. The average molecular weight is 553 g/mol. The second-order valence-electron chi connectivity index (χ2n) is 7.81. The first kappa shape index (κ1) is 24.5. The third kappa shape index (κ3) is 6.23. The molecule has 0 saturated carbocycles. The molecule has 0 atom stereocenters. The normalized spacial score (nSPS) is 17.7. The monoisotopic (exact) mass is 553 g/mol. The Balaban J connectivity index is 0.00000289. The molecular weight excluding hydrogens is 521 g/mol. The summed E-state index contributed by atoms with van der Waals surface area (Å²) in [6.07, 6.45) is 1.53. The molecule has 9 heteroatoms. The Kier molecular flexibility index (Phi) is 9.36. The van der Waals surface area contributed by atoms with Gasteiger partial charge in [-0.3, -0.25) is 14.7 Å². The molecule has 2 aliphatic rings. The predicted octanol–water partition coefficient (Wildman–Crippen LogP) is 2.26. The van der Waals surface area contributed by atoms with Gasteiger partial charge in [0.1, 0.15) is 0 Å². The minimum atomic E-state index is -0.0513. The molecule has 0 spiro atoms.